The Balaban J connectivity index is 2.12. The summed E-state index contributed by atoms with van der Waals surface area (Å²) in [4.78, 5) is 2.41. The molecule has 0 aliphatic rings. The molecular formula is C21H32N2O. The van der Waals surface area contributed by atoms with Crippen LogP contribution in [0.1, 0.15) is 51.5 Å². The van der Waals surface area contributed by atoms with Crippen LogP contribution in [-0.4, -0.2) is 18.0 Å². The van der Waals surface area contributed by atoms with Crippen LogP contribution in [0.25, 0.3) is 0 Å². The summed E-state index contributed by atoms with van der Waals surface area (Å²) in [5, 5.41) is 0. The van der Waals surface area contributed by atoms with Crippen LogP contribution in [0.15, 0.2) is 47.1 Å². The minimum atomic E-state index is 0.0813. The van der Waals surface area contributed by atoms with Crippen LogP contribution in [0, 0.1) is 5.41 Å². The van der Waals surface area contributed by atoms with E-state index in [1.807, 2.05) is 12.1 Å². The normalized spacial score (nSPS) is 12.8. The standard InChI is InChI=1S/C21H32N2O/c1-20(2,3)18-10-8-17(9-11-18)13-23(16-21(4,5)15-22)14-19-7-6-12-24-19/h6-12H,13-16,22H2,1-5H3. The molecule has 3 heteroatoms. The Labute approximate surface area is 146 Å². The number of hydrogen-bond donors (Lipinski definition) is 1. The zero-order valence-electron chi connectivity index (χ0n) is 15.8. The second-order valence-electron chi connectivity index (χ2n) is 8.54. The van der Waals surface area contributed by atoms with Gasteiger partial charge in [-0.2, -0.15) is 0 Å². The highest BCUT2D eigenvalue weighted by Gasteiger charge is 2.21. The number of nitrogens with two attached hydrogens (primary N) is 1. The van der Waals surface area contributed by atoms with Gasteiger partial charge in [-0.05, 0) is 40.6 Å². The molecule has 0 aliphatic heterocycles. The molecule has 0 saturated heterocycles. The summed E-state index contributed by atoms with van der Waals surface area (Å²) in [7, 11) is 0. The summed E-state index contributed by atoms with van der Waals surface area (Å²) in [6.45, 7) is 14.5. The van der Waals surface area contributed by atoms with Gasteiger partial charge in [-0.1, -0.05) is 58.9 Å². The number of benzene rings is 1. The average Bonchev–Trinajstić information content (AvgIpc) is 2.99. The van der Waals surface area contributed by atoms with Crippen molar-refractivity contribution in [2.24, 2.45) is 11.1 Å². The van der Waals surface area contributed by atoms with Gasteiger partial charge in [0, 0.05) is 13.1 Å². The van der Waals surface area contributed by atoms with Gasteiger partial charge >= 0.3 is 0 Å². The van der Waals surface area contributed by atoms with Gasteiger partial charge in [0.25, 0.3) is 0 Å². The molecule has 0 unspecified atom stereocenters. The van der Waals surface area contributed by atoms with E-state index in [1.54, 1.807) is 6.26 Å². The van der Waals surface area contributed by atoms with Crippen molar-refractivity contribution >= 4 is 0 Å². The Morgan fingerprint density at radius 3 is 2.12 bits per heavy atom. The van der Waals surface area contributed by atoms with Crippen molar-refractivity contribution in [2.75, 3.05) is 13.1 Å². The van der Waals surface area contributed by atoms with Crippen LogP contribution in [0.4, 0.5) is 0 Å². The molecule has 3 nitrogen and oxygen atoms in total. The van der Waals surface area contributed by atoms with Gasteiger partial charge in [0.15, 0.2) is 0 Å². The van der Waals surface area contributed by atoms with Crippen LogP contribution >= 0.6 is 0 Å². The van der Waals surface area contributed by atoms with Crippen LogP contribution < -0.4 is 5.73 Å². The van der Waals surface area contributed by atoms with E-state index in [-0.39, 0.29) is 10.8 Å². The molecule has 2 aromatic rings. The lowest BCUT2D eigenvalue weighted by molar-refractivity contribution is 0.158. The first-order chi connectivity index (χ1) is 11.2. The molecule has 132 valence electrons. The number of furan rings is 1. The molecule has 0 saturated carbocycles. The van der Waals surface area contributed by atoms with Gasteiger partial charge in [0.05, 0.1) is 12.8 Å². The van der Waals surface area contributed by atoms with Crippen molar-refractivity contribution in [3.05, 3.63) is 59.5 Å². The topological polar surface area (TPSA) is 42.4 Å². The van der Waals surface area contributed by atoms with Crippen molar-refractivity contribution in [3.8, 4) is 0 Å². The highest BCUT2D eigenvalue weighted by Crippen LogP contribution is 2.24. The van der Waals surface area contributed by atoms with Crippen LogP contribution in [0.3, 0.4) is 0 Å². The van der Waals surface area contributed by atoms with Gasteiger partial charge in [-0.15, -0.1) is 0 Å². The van der Waals surface area contributed by atoms with Gasteiger partial charge < -0.3 is 10.2 Å². The quantitative estimate of drug-likeness (QED) is 0.810. The third-order valence-corrected chi connectivity index (χ3v) is 4.39. The number of nitrogens with zero attached hydrogens (tertiary/aromatic N) is 1. The second-order valence-corrected chi connectivity index (χ2v) is 8.54. The first kappa shape index (κ1) is 18.8. The predicted octanol–water partition coefficient (Wildman–Crippen LogP) is 4.56. The van der Waals surface area contributed by atoms with Gasteiger partial charge in [0.1, 0.15) is 5.76 Å². The van der Waals surface area contributed by atoms with Crippen LogP contribution in [0.2, 0.25) is 0 Å². The van der Waals surface area contributed by atoms with Gasteiger partial charge in [-0.25, -0.2) is 0 Å². The smallest absolute Gasteiger partial charge is 0.117 e. The Bertz CT molecular complexity index is 606. The molecule has 0 spiro atoms. The summed E-state index contributed by atoms with van der Waals surface area (Å²) in [6.07, 6.45) is 1.74. The minimum Gasteiger partial charge on any atom is -0.468 e. The van der Waals surface area contributed by atoms with Crippen molar-refractivity contribution in [3.63, 3.8) is 0 Å². The summed E-state index contributed by atoms with van der Waals surface area (Å²) >= 11 is 0. The number of hydrogen-bond acceptors (Lipinski definition) is 3. The molecule has 0 fully saturated rings. The molecule has 0 aliphatic carbocycles. The van der Waals surface area contributed by atoms with Gasteiger partial charge in [0.2, 0.25) is 0 Å². The van der Waals surface area contributed by atoms with E-state index in [4.69, 9.17) is 10.2 Å². The zero-order chi connectivity index (χ0) is 17.8. The van der Waals surface area contributed by atoms with Crippen molar-refractivity contribution in [1.82, 2.24) is 4.90 Å². The highest BCUT2D eigenvalue weighted by atomic mass is 16.3. The summed E-state index contributed by atoms with van der Waals surface area (Å²) in [6, 6.07) is 12.9. The largest absolute Gasteiger partial charge is 0.468 e. The lowest BCUT2D eigenvalue weighted by Gasteiger charge is -2.31. The molecule has 1 aromatic heterocycles. The Hall–Kier alpha value is -1.58. The maximum Gasteiger partial charge on any atom is 0.117 e. The molecule has 1 heterocycles. The lowest BCUT2D eigenvalue weighted by Crippen LogP contribution is -2.38. The maximum atomic E-state index is 5.94. The molecule has 2 N–H and O–H groups in total. The van der Waals surface area contributed by atoms with Crippen molar-refractivity contribution in [2.45, 2.75) is 53.1 Å². The molecule has 24 heavy (non-hydrogen) atoms. The fourth-order valence-corrected chi connectivity index (χ4v) is 2.83. The summed E-state index contributed by atoms with van der Waals surface area (Å²) < 4.78 is 5.54. The third-order valence-electron chi connectivity index (χ3n) is 4.39. The molecule has 0 atom stereocenters. The van der Waals surface area contributed by atoms with E-state index >= 15 is 0 Å². The molecule has 0 amide bonds. The predicted molar refractivity (Wildman–Crippen MR) is 101 cm³/mol. The third kappa shape index (κ3) is 5.50. The lowest BCUT2D eigenvalue weighted by atomic mass is 9.86. The first-order valence-electron chi connectivity index (χ1n) is 8.74. The van der Waals surface area contributed by atoms with E-state index < -0.39 is 0 Å². The SMILES string of the molecule is CC(C)(CN)CN(Cc1ccc(C(C)(C)C)cc1)Cc1ccco1. The van der Waals surface area contributed by atoms with E-state index in [9.17, 15) is 0 Å². The van der Waals surface area contributed by atoms with Crippen LogP contribution in [0.5, 0.6) is 0 Å². The first-order valence-corrected chi connectivity index (χ1v) is 8.74. The molecule has 0 bridgehead atoms. The Morgan fingerprint density at radius 1 is 0.958 bits per heavy atom. The fraction of sp³-hybridized carbons (Fsp3) is 0.524. The second kappa shape index (κ2) is 7.54. The summed E-state index contributed by atoms with van der Waals surface area (Å²) in [5.41, 5.74) is 8.90. The molecule has 0 radical (unpaired) electrons. The van der Waals surface area contributed by atoms with E-state index in [0.717, 1.165) is 25.4 Å². The summed E-state index contributed by atoms with van der Waals surface area (Å²) in [5.74, 6) is 0.995. The van der Waals surface area contributed by atoms with Crippen LogP contribution in [-0.2, 0) is 18.5 Å². The van der Waals surface area contributed by atoms with Gasteiger partial charge in [-0.3, -0.25) is 4.90 Å². The molecule has 2 rings (SSSR count). The average molecular weight is 329 g/mol. The van der Waals surface area contributed by atoms with E-state index in [1.165, 1.54) is 11.1 Å². The van der Waals surface area contributed by atoms with E-state index in [0.29, 0.717) is 6.54 Å². The van der Waals surface area contributed by atoms with Crippen molar-refractivity contribution < 1.29 is 4.42 Å². The highest BCUT2D eigenvalue weighted by molar-refractivity contribution is 5.27. The zero-order valence-corrected chi connectivity index (χ0v) is 15.8. The Kier molecular flexibility index (Phi) is 5.89. The molecule has 1 aromatic carbocycles. The minimum absolute atomic E-state index is 0.0813. The van der Waals surface area contributed by atoms with Crippen molar-refractivity contribution in [1.29, 1.82) is 0 Å². The van der Waals surface area contributed by atoms with E-state index in [2.05, 4.69) is 63.8 Å². The maximum absolute atomic E-state index is 5.94. The number of rotatable bonds is 7. The monoisotopic (exact) mass is 328 g/mol. The molecular weight excluding hydrogens is 296 g/mol. The fourth-order valence-electron chi connectivity index (χ4n) is 2.83. The Morgan fingerprint density at radius 2 is 1.62 bits per heavy atom.